The monoisotopic (exact) mass is 146 g/mol. The molecule has 0 unspecified atom stereocenters. The molecule has 0 fully saturated rings. The molecule has 1 heterocycles. The Kier molecular flexibility index (Phi) is 2.30. The zero-order valence-electron chi connectivity index (χ0n) is 5.87. The third-order valence-electron chi connectivity index (χ3n) is 1.35. The standard InChI is InChI=1S/C8H6N2O/c9-4-1-7-3-6-11-8(7)2-5-10/h3,6H,1-2H2. The van der Waals surface area contributed by atoms with Crippen LogP contribution in [0.15, 0.2) is 16.7 Å². The highest BCUT2D eigenvalue weighted by Gasteiger charge is 2.03. The van der Waals surface area contributed by atoms with Crippen LogP contribution in [0.25, 0.3) is 0 Å². The molecular weight excluding hydrogens is 140 g/mol. The van der Waals surface area contributed by atoms with Crippen LogP contribution >= 0.6 is 0 Å². The van der Waals surface area contributed by atoms with Crippen molar-refractivity contribution in [2.45, 2.75) is 12.8 Å². The Morgan fingerprint density at radius 3 is 2.64 bits per heavy atom. The molecule has 0 saturated heterocycles. The van der Waals surface area contributed by atoms with Gasteiger partial charge in [0.25, 0.3) is 0 Å². The van der Waals surface area contributed by atoms with Gasteiger partial charge in [0.15, 0.2) is 0 Å². The van der Waals surface area contributed by atoms with Crippen LogP contribution in [0.4, 0.5) is 0 Å². The molecule has 11 heavy (non-hydrogen) atoms. The fourth-order valence-corrected chi connectivity index (χ4v) is 0.837. The highest BCUT2D eigenvalue weighted by atomic mass is 16.3. The molecule has 0 spiro atoms. The first-order valence-corrected chi connectivity index (χ1v) is 3.17. The zero-order chi connectivity index (χ0) is 8.10. The van der Waals surface area contributed by atoms with Crippen molar-refractivity contribution in [2.24, 2.45) is 0 Å². The maximum absolute atomic E-state index is 8.36. The summed E-state index contributed by atoms with van der Waals surface area (Å²) in [4.78, 5) is 0. The van der Waals surface area contributed by atoms with Crippen molar-refractivity contribution in [1.82, 2.24) is 0 Å². The van der Waals surface area contributed by atoms with Crippen LogP contribution < -0.4 is 0 Å². The summed E-state index contributed by atoms with van der Waals surface area (Å²) in [7, 11) is 0. The highest BCUT2D eigenvalue weighted by molar-refractivity contribution is 5.22. The van der Waals surface area contributed by atoms with Crippen LogP contribution in [-0.2, 0) is 12.8 Å². The molecule has 3 nitrogen and oxygen atoms in total. The van der Waals surface area contributed by atoms with Gasteiger partial charge in [0, 0.05) is 5.56 Å². The summed E-state index contributed by atoms with van der Waals surface area (Å²) >= 11 is 0. The third kappa shape index (κ3) is 1.59. The van der Waals surface area contributed by atoms with Crippen LogP contribution in [0.5, 0.6) is 0 Å². The van der Waals surface area contributed by atoms with Gasteiger partial charge in [-0.1, -0.05) is 0 Å². The molecule has 0 saturated carbocycles. The van der Waals surface area contributed by atoms with Crippen LogP contribution in [0.2, 0.25) is 0 Å². The van der Waals surface area contributed by atoms with E-state index < -0.39 is 0 Å². The van der Waals surface area contributed by atoms with Gasteiger partial charge in [-0.05, 0) is 6.07 Å². The van der Waals surface area contributed by atoms with Gasteiger partial charge >= 0.3 is 0 Å². The first-order valence-electron chi connectivity index (χ1n) is 3.17. The minimum absolute atomic E-state index is 0.240. The largest absolute Gasteiger partial charge is 0.468 e. The van der Waals surface area contributed by atoms with Crippen molar-refractivity contribution in [2.75, 3.05) is 0 Å². The van der Waals surface area contributed by atoms with E-state index in [-0.39, 0.29) is 6.42 Å². The van der Waals surface area contributed by atoms with Crippen molar-refractivity contribution in [3.05, 3.63) is 23.7 Å². The molecule has 0 atom stereocenters. The maximum atomic E-state index is 8.36. The van der Waals surface area contributed by atoms with Crippen LogP contribution in [-0.4, -0.2) is 0 Å². The predicted octanol–water partition coefficient (Wildman–Crippen LogP) is 1.41. The predicted molar refractivity (Wildman–Crippen MR) is 37.3 cm³/mol. The Balaban J connectivity index is 2.82. The average Bonchev–Trinajstić information content (AvgIpc) is 2.39. The van der Waals surface area contributed by atoms with Crippen molar-refractivity contribution in [3.63, 3.8) is 0 Å². The highest BCUT2D eigenvalue weighted by Crippen LogP contribution is 2.10. The van der Waals surface area contributed by atoms with Gasteiger partial charge in [-0.25, -0.2) is 0 Å². The first kappa shape index (κ1) is 7.37. The number of nitrogens with zero attached hydrogens (tertiary/aromatic N) is 2. The lowest BCUT2D eigenvalue weighted by Gasteiger charge is -1.89. The van der Waals surface area contributed by atoms with Gasteiger partial charge in [-0.15, -0.1) is 0 Å². The van der Waals surface area contributed by atoms with Crippen molar-refractivity contribution >= 4 is 0 Å². The molecule has 0 aliphatic heterocycles. The molecule has 3 heteroatoms. The fourth-order valence-electron chi connectivity index (χ4n) is 0.837. The molecule has 0 aromatic carbocycles. The first-order chi connectivity index (χ1) is 5.38. The summed E-state index contributed by atoms with van der Waals surface area (Å²) in [5.41, 5.74) is 0.814. The van der Waals surface area contributed by atoms with E-state index in [1.54, 1.807) is 6.07 Å². The van der Waals surface area contributed by atoms with Crippen molar-refractivity contribution in [1.29, 1.82) is 10.5 Å². The van der Waals surface area contributed by atoms with E-state index in [4.69, 9.17) is 14.9 Å². The third-order valence-corrected chi connectivity index (χ3v) is 1.35. The van der Waals surface area contributed by atoms with Gasteiger partial charge in [0.2, 0.25) is 0 Å². The van der Waals surface area contributed by atoms with E-state index in [0.717, 1.165) is 5.56 Å². The number of hydrogen-bond donors (Lipinski definition) is 0. The van der Waals surface area contributed by atoms with E-state index in [9.17, 15) is 0 Å². The fraction of sp³-hybridized carbons (Fsp3) is 0.250. The molecular formula is C8H6N2O. The summed E-state index contributed by atoms with van der Waals surface area (Å²) in [6, 6.07) is 5.68. The Morgan fingerprint density at radius 1 is 1.27 bits per heavy atom. The molecule has 0 bridgehead atoms. The second-order valence-corrected chi connectivity index (χ2v) is 2.04. The van der Waals surface area contributed by atoms with E-state index in [1.807, 2.05) is 12.1 Å². The van der Waals surface area contributed by atoms with Gasteiger partial charge < -0.3 is 4.42 Å². The summed E-state index contributed by atoms with van der Waals surface area (Å²) < 4.78 is 4.98. The number of furan rings is 1. The molecule has 1 aromatic heterocycles. The summed E-state index contributed by atoms with van der Waals surface area (Å²) in [5, 5.41) is 16.7. The molecule has 0 N–H and O–H groups in total. The van der Waals surface area contributed by atoms with Gasteiger partial charge in [0.1, 0.15) is 5.76 Å². The van der Waals surface area contributed by atoms with Gasteiger partial charge in [-0.2, -0.15) is 10.5 Å². The molecule has 1 rings (SSSR count). The maximum Gasteiger partial charge on any atom is 0.122 e. The lowest BCUT2D eigenvalue weighted by molar-refractivity contribution is 0.521. The number of rotatable bonds is 2. The zero-order valence-corrected chi connectivity index (χ0v) is 5.87. The molecule has 0 aliphatic rings. The van der Waals surface area contributed by atoms with Gasteiger partial charge in [0.05, 0.1) is 31.2 Å². The summed E-state index contributed by atoms with van der Waals surface area (Å²) in [6.07, 6.45) is 2.05. The molecule has 1 aromatic rings. The van der Waals surface area contributed by atoms with Crippen molar-refractivity contribution in [3.8, 4) is 12.1 Å². The van der Waals surface area contributed by atoms with E-state index in [1.165, 1.54) is 6.26 Å². The average molecular weight is 146 g/mol. The lowest BCUT2D eigenvalue weighted by Crippen LogP contribution is -1.85. The minimum Gasteiger partial charge on any atom is -0.468 e. The van der Waals surface area contributed by atoms with Crippen LogP contribution in [0, 0.1) is 22.7 Å². The minimum atomic E-state index is 0.240. The van der Waals surface area contributed by atoms with E-state index in [2.05, 4.69) is 0 Å². The number of nitriles is 2. The van der Waals surface area contributed by atoms with Crippen molar-refractivity contribution < 1.29 is 4.42 Å². The quantitative estimate of drug-likeness (QED) is 0.633. The Labute approximate surface area is 64.5 Å². The normalized spacial score (nSPS) is 8.55. The topological polar surface area (TPSA) is 60.7 Å². The Morgan fingerprint density at radius 2 is 2.00 bits per heavy atom. The van der Waals surface area contributed by atoms with Gasteiger partial charge in [-0.3, -0.25) is 0 Å². The van der Waals surface area contributed by atoms with Crippen LogP contribution in [0.1, 0.15) is 11.3 Å². The Bertz CT molecular complexity index is 283. The van der Waals surface area contributed by atoms with Crippen LogP contribution in [0.3, 0.4) is 0 Å². The summed E-state index contributed by atoms with van der Waals surface area (Å²) in [5.74, 6) is 0.606. The smallest absolute Gasteiger partial charge is 0.122 e. The molecule has 54 valence electrons. The molecule has 0 aliphatic carbocycles. The lowest BCUT2D eigenvalue weighted by atomic mass is 10.2. The van der Waals surface area contributed by atoms with E-state index in [0.29, 0.717) is 12.2 Å². The molecule has 0 radical (unpaired) electrons. The second kappa shape index (κ2) is 3.43. The molecule has 0 amide bonds. The summed E-state index contributed by atoms with van der Waals surface area (Å²) in [6.45, 7) is 0. The Hall–Kier alpha value is -1.74. The number of hydrogen-bond acceptors (Lipinski definition) is 3. The van der Waals surface area contributed by atoms with E-state index >= 15 is 0 Å². The second-order valence-electron chi connectivity index (χ2n) is 2.04. The SMILES string of the molecule is N#CCc1ccoc1CC#N.